The molecule has 1 fully saturated rings. The highest BCUT2D eigenvalue weighted by atomic mass is 35.5. The summed E-state index contributed by atoms with van der Waals surface area (Å²) in [7, 11) is -2.08. The lowest BCUT2D eigenvalue weighted by atomic mass is 10.1. The van der Waals surface area contributed by atoms with E-state index in [9.17, 15) is 13.2 Å². The average Bonchev–Trinajstić information content (AvgIpc) is 2.73. The smallest absolute Gasteiger partial charge is 0.241 e. The number of sulfonamides is 1. The van der Waals surface area contributed by atoms with Gasteiger partial charge in [0.2, 0.25) is 15.9 Å². The quantitative estimate of drug-likeness (QED) is 0.695. The third kappa shape index (κ3) is 5.93. The molecule has 1 saturated heterocycles. The third-order valence-electron chi connectivity index (χ3n) is 4.76. The van der Waals surface area contributed by atoms with Gasteiger partial charge < -0.3 is 15.0 Å². The Labute approximate surface area is 176 Å². The Hall–Kier alpha value is -2.13. The number of carbonyl (C=O) groups is 1. The number of hydrogen-bond acceptors (Lipinski definition) is 5. The average molecular weight is 438 g/mol. The van der Waals surface area contributed by atoms with E-state index in [1.807, 2.05) is 12.1 Å². The lowest BCUT2D eigenvalue weighted by Crippen LogP contribution is -2.39. The second-order valence-electron chi connectivity index (χ2n) is 6.82. The lowest BCUT2D eigenvalue weighted by Gasteiger charge is -2.33. The maximum atomic E-state index is 12.2. The zero-order chi connectivity index (χ0) is 20.9. The number of methoxy groups -OCH3 is 1. The van der Waals surface area contributed by atoms with Crippen molar-refractivity contribution in [1.82, 2.24) is 4.72 Å². The minimum atomic E-state index is -3.81. The Morgan fingerprint density at radius 2 is 2.00 bits per heavy atom. The second-order valence-corrected chi connectivity index (χ2v) is 9.03. The third-order valence-corrected chi connectivity index (χ3v) is 6.39. The largest absolute Gasteiger partial charge is 0.380 e. The number of rotatable bonds is 7. The molecular formula is C20H24ClN3O4S. The minimum absolute atomic E-state index is 0.0121. The van der Waals surface area contributed by atoms with Gasteiger partial charge in [0.15, 0.2) is 0 Å². The van der Waals surface area contributed by atoms with E-state index in [1.54, 1.807) is 25.3 Å². The second kappa shape index (κ2) is 9.58. The molecule has 7 nitrogen and oxygen atoms in total. The van der Waals surface area contributed by atoms with Crippen LogP contribution in [0.5, 0.6) is 0 Å². The summed E-state index contributed by atoms with van der Waals surface area (Å²) < 4.78 is 32.2. The van der Waals surface area contributed by atoms with Crippen LogP contribution >= 0.6 is 11.6 Å². The van der Waals surface area contributed by atoms with Crippen molar-refractivity contribution in [3.8, 4) is 0 Å². The Kier molecular flexibility index (Phi) is 7.13. The Balaban J connectivity index is 1.54. The standard InChI is InChI=1S/C20H24ClN3O4S/c1-28-18-5-3-11-24(14-18)17-9-7-16(8-10-17)23-20(25)13-22-29(26,27)19-6-2-4-15(21)12-19/h2,4,6-10,12,18,22H,3,5,11,13-14H2,1H3,(H,23,25). The van der Waals surface area contributed by atoms with Crippen molar-refractivity contribution in [3.05, 3.63) is 53.6 Å². The van der Waals surface area contributed by atoms with E-state index in [1.165, 1.54) is 18.2 Å². The molecule has 0 spiro atoms. The van der Waals surface area contributed by atoms with E-state index in [4.69, 9.17) is 16.3 Å². The molecule has 9 heteroatoms. The fraction of sp³-hybridized carbons (Fsp3) is 0.350. The maximum Gasteiger partial charge on any atom is 0.241 e. The van der Waals surface area contributed by atoms with E-state index in [0.717, 1.165) is 31.6 Å². The van der Waals surface area contributed by atoms with Crippen molar-refractivity contribution < 1.29 is 17.9 Å². The number of amides is 1. The predicted octanol–water partition coefficient (Wildman–Crippen LogP) is 2.87. The molecule has 2 aromatic carbocycles. The summed E-state index contributed by atoms with van der Waals surface area (Å²) in [5, 5.41) is 3.00. The molecule has 1 aliphatic heterocycles. The molecule has 1 atom stereocenters. The van der Waals surface area contributed by atoms with E-state index < -0.39 is 15.9 Å². The highest BCUT2D eigenvalue weighted by Crippen LogP contribution is 2.23. The summed E-state index contributed by atoms with van der Waals surface area (Å²) in [6.07, 6.45) is 2.37. The van der Waals surface area contributed by atoms with Gasteiger partial charge in [-0.3, -0.25) is 4.79 Å². The lowest BCUT2D eigenvalue weighted by molar-refractivity contribution is -0.115. The highest BCUT2D eigenvalue weighted by molar-refractivity contribution is 7.89. The topological polar surface area (TPSA) is 87.7 Å². The molecule has 2 aromatic rings. The summed E-state index contributed by atoms with van der Waals surface area (Å²) >= 11 is 5.82. The summed E-state index contributed by atoms with van der Waals surface area (Å²) in [5.74, 6) is -0.458. The van der Waals surface area contributed by atoms with Crippen molar-refractivity contribution in [2.45, 2.75) is 23.8 Å². The van der Waals surface area contributed by atoms with Crippen LogP contribution in [0.15, 0.2) is 53.4 Å². The van der Waals surface area contributed by atoms with E-state index in [-0.39, 0.29) is 17.5 Å². The fourth-order valence-corrected chi connectivity index (χ4v) is 4.49. The van der Waals surface area contributed by atoms with Crippen molar-refractivity contribution >= 4 is 38.9 Å². The van der Waals surface area contributed by atoms with Crippen LogP contribution in [0.1, 0.15) is 12.8 Å². The van der Waals surface area contributed by atoms with Gasteiger partial charge in [-0.05, 0) is 55.3 Å². The van der Waals surface area contributed by atoms with Crippen LogP contribution in [0.25, 0.3) is 0 Å². The van der Waals surface area contributed by atoms with Crippen LogP contribution < -0.4 is 14.9 Å². The zero-order valence-corrected chi connectivity index (χ0v) is 17.7. The van der Waals surface area contributed by atoms with Crippen molar-refractivity contribution in [1.29, 1.82) is 0 Å². The molecule has 0 radical (unpaired) electrons. The molecule has 1 aliphatic rings. The molecular weight excluding hydrogens is 414 g/mol. The van der Waals surface area contributed by atoms with E-state index >= 15 is 0 Å². The Morgan fingerprint density at radius 1 is 1.24 bits per heavy atom. The van der Waals surface area contributed by atoms with Gasteiger partial charge in [-0.15, -0.1) is 0 Å². The van der Waals surface area contributed by atoms with Crippen LogP contribution in [0.4, 0.5) is 11.4 Å². The molecule has 1 amide bonds. The first-order chi connectivity index (χ1) is 13.9. The Bertz CT molecular complexity index is 950. The van der Waals surface area contributed by atoms with Crippen LogP contribution in [-0.2, 0) is 19.6 Å². The molecule has 29 heavy (non-hydrogen) atoms. The maximum absolute atomic E-state index is 12.2. The van der Waals surface area contributed by atoms with Gasteiger partial charge >= 0.3 is 0 Å². The highest BCUT2D eigenvalue weighted by Gasteiger charge is 2.20. The molecule has 1 unspecified atom stereocenters. The minimum Gasteiger partial charge on any atom is -0.380 e. The van der Waals surface area contributed by atoms with Gasteiger partial charge in [0, 0.05) is 36.6 Å². The number of halogens is 1. The normalized spacial score (nSPS) is 17.2. The number of hydrogen-bond donors (Lipinski definition) is 2. The van der Waals surface area contributed by atoms with Crippen LogP contribution in [0.2, 0.25) is 5.02 Å². The first kappa shape index (κ1) is 21.6. The SMILES string of the molecule is COC1CCCN(c2ccc(NC(=O)CNS(=O)(=O)c3cccc(Cl)c3)cc2)C1. The fourth-order valence-electron chi connectivity index (χ4n) is 3.20. The summed E-state index contributed by atoms with van der Waals surface area (Å²) in [5.41, 5.74) is 1.66. The number of benzene rings is 2. The van der Waals surface area contributed by atoms with Gasteiger partial charge in [-0.2, -0.15) is 0 Å². The van der Waals surface area contributed by atoms with Gasteiger partial charge in [-0.25, -0.2) is 13.1 Å². The molecule has 0 bridgehead atoms. The molecule has 156 valence electrons. The molecule has 0 saturated carbocycles. The van der Waals surface area contributed by atoms with Crippen LogP contribution in [0, 0.1) is 0 Å². The number of carbonyl (C=O) groups excluding carboxylic acids is 1. The predicted molar refractivity (Wildman–Crippen MR) is 114 cm³/mol. The van der Waals surface area contributed by atoms with Crippen LogP contribution in [-0.4, -0.2) is 47.2 Å². The van der Waals surface area contributed by atoms with Crippen LogP contribution in [0.3, 0.4) is 0 Å². The Morgan fingerprint density at radius 3 is 2.69 bits per heavy atom. The summed E-state index contributed by atoms with van der Waals surface area (Å²) in [6, 6.07) is 13.3. The molecule has 1 heterocycles. The number of nitrogens with zero attached hydrogens (tertiary/aromatic N) is 1. The van der Waals surface area contributed by atoms with Gasteiger partial charge in [0.1, 0.15) is 0 Å². The monoisotopic (exact) mass is 437 g/mol. The van der Waals surface area contributed by atoms with Gasteiger partial charge in [0.25, 0.3) is 0 Å². The van der Waals surface area contributed by atoms with Crippen molar-refractivity contribution in [3.63, 3.8) is 0 Å². The number of piperidine rings is 1. The summed E-state index contributed by atoms with van der Waals surface area (Å²) in [4.78, 5) is 14.4. The van der Waals surface area contributed by atoms with E-state index in [2.05, 4.69) is 14.9 Å². The van der Waals surface area contributed by atoms with Gasteiger partial charge in [0.05, 0.1) is 17.5 Å². The first-order valence-electron chi connectivity index (χ1n) is 9.30. The molecule has 0 aromatic heterocycles. The summed E-state index contributed by atoms with van der Waals surface area (Å²) in [6.45, 7) is 1.43. The zero-order valence-electron chi connectivity index (χ0n) is 16.1. The number of nitrogens with one attached hydrogen (secondary N) is 2. The number of ether oxygens (including phenoxy) is 1. The number of anilines is 2. The molecule has 2 N–H and O–H groups in total. The van der Waals surface area contributed by atoms with Gasteiger partial charge in [-0.1, -0.05) is 17.7 Å². The van der Waals surface area contributed by atoms with E-state index in [0.29, 0.717) is 10.7 Å². The van der Waals surface area contributed by atoms with Crippen molar-refractivity contribution in [2.24, 2.45) is 0 Å². The molecule has 0 aliphatic carbocycles. The first-order valence-corrected chi connectivity index (χ1v) is 11.2. The molecule has 3 rings (SSSR count). The van der Waals surface area contributed by atoms with Crippen molar-refractivity contribution in [2.75, 3.05) is 37.0 Å².